The number of aliphatic hydroxyl groups excluding tert-OH is 1. The molecule has 156 valence electrons. The van der Waals surface area contributed by atoms with Crippen LogP contribution < -0.4 is 15.0 Å². The molecule has 0 unspecified atom stereocenters. The van der Waals surface area contributed by atoms with Gasteiger partial charge in [0.05, 0.1) is 6.10 Å². The van der Waals surface area contributed by atoms with Crippen molar-refractivity contribution in [1.82, 2.24) is 4.98 Å². The third-order valence-corrected chi connectivity index (χ3v) is 4.93. The number of aromatic nitrogens is 1. The van der Waals surface area contributed by atoms with Gasteiger partial charge in [-0.05, 0) is 49.4 Å². The molecular weight excluding hydrogens is 380 g/mol. The van der Waals surface area contributed by atoms with E-state index in [1.54, 1.807) is 17.9 Å². The number of alkyl halides is 2. The first kappa shape index (κ1) is 21.0. The van der Waals surface area contributed by atoms with E-state index >= 15 is 0 Å². The molecule has 1 aliphatic rings. The number of urea groups is 1. The van der Waals surface area contributed by atoms with Gasteiger partial charge in [0.2, 0.25) is 5.88 Å². The highest BCUT2D eigenvalue weighted by atomic mass is 19.3. The zero-order valence-electron chi connectivity index (χ0n) is 16.6. The van der Waals surface area contributed by atoms with Gasteiger partial charge in [0.15, 0.2) is 0 Å². The molecule has 2 N–H and O–H groups in total. The number of carbonyl (C=O) groups excluding carboxylic acids is 1. The Balaban J connectivity index is 1.93. The lowest BCUT2D eigenvalue weighted by atomic mass is 9.87. The normalized spacial score (nSPS) is 18.5. The van der Waals surface area contributed by atoms with Crippen LogP contribution in [-0.2, 0) is 0 Å². The van der Waals surface area contributed by atoms with E-state index in [0.717, 1.165) is 11.3 Å². The van der Waals surface area contributed by atoms with Crippen LogP contribution in [0.5, 0.6) is 5.88 Å². The molecule has 1 aromatic carbocycles. The van der Waals surface area contributed by atoms with Gasteiger partial charge in [-0.25, -0.2) is 9.78 Å². The van der Waals surface area contributed by atoms with Crippen LogP contribution in [-0.4, -0.2) is 34.9 Å². The second kappa shape index (κ2) is 8.73. The fourth-order valence-electron chi connectivity index (χ4n) is 3.41. The number of ether oxygens (including phenoxy) is 1. The molecule has 2 amide bonds. The first-order chi connectivity index (χ1) is 13.8. The number of hydrogen-bond donors (Lipinski definition) is 2. The summed E-state index contributed by atoms with van der Waals surface area (Å²) in [7, 11) is 0. The number of aliphatic hydroxyl groups is 1. The van der Waals surface area contributed by atoms with E-state index in [4.69, 9.17) is 0 Å². The van der Waals surface area contributed by atoms with Gasteiger partial charge in [-0.2, -0.15) is 8.78 Å². The molecule has 1 aromatic heterocycles. The van der Waals surface area contributed by atoms with Gasteiger partial charge in [0, 0.05) is 17.4 Å². The van der Waals surface area contributed by atoms with Crippen molar-refractivity contribution < 1.29 is 23.4 Å². The molecule has 0 spiro atoms. The van der Waals surface area contributed by atoms with Gasteiger partial charge in [-0.15, -0.1) is 0 Å². The van der Waals surface area contributed by atoms with Gasteiger partial charge < -0.3 is 15.2 Å². The Hall–Kier alpha value is -2.74. The summed E-state index contributed by atoms with van der Waals surface area (Å²) in [5, 5.41) is 12.4. The van der Waals surface area contributed by atoms with E-state index < -0.39 is 18.7 Å². The van der Waals surface area contributed by atoms with E-state index in [2.05, 4.69) is 15.0 Å². The molecule has 8 heteroatoms. The van der Waals surface area contributed by atoms with E-state index in [1.165, 1.54) is 6.07 Å². The number of rotatable bonds is 6. The number of benzene rings is 1. The second-order valence-corrected chi connectivity index (χ2v) is 7.48. The van der Waals surface area contributed by atoms with Crippen molar-refractivity contribution in [3.63, 3.8) is 0 Å². The van der Waals surface area contributed by atoms with Crippen LogP contribution in [0.2, 0.25) is 0 Å². The molecule has 0 radical (unpaired) electrons. The number of halogens is 2. The SMILES string of the molecule is Cc1ccc(NC(=O)N(c2ccccc2C(C)C)C2CC(O)C2)c(OC(F)F)n1. The van der Waals surface area contributed by atoms with E-state index in [-0.39, 0.29) is 23.5 Å². The quantitative estimate of drug-likeness (QED) is 0.732. The Morgan fingerprint density at radius 2 is 1.93 bits per heavy atom. The maximum atomic E-state index is 13.2. The Morgan fingerprint density at radius 1 is 1.24 bits per heavy atom. The fourth-order valence-corrected chi connectivity index (χ4v) is 3.41. The Labute approximate surface area is 168 Å². The summed E-state index contributed by atoms with van der Waals surface area (Å²) >= 11 is 0. The highest BCUT2D eigenvalue weighted by Crippen LogP contribution is 2.36. The summed E-state index contributed by atoms with van der Waals surface area (Å²) in [5.41, 5.74) is 2.26. The third-order valence-electron chi connectivity index (χ3n) is 4.93. The maximum Gasteiger partial charge on any atom is 0.388 e. The smallest absolute Gasteiger partial charge is 0.388 e. The summed E-state index contributed by atoms with van der Waals surface area (Å²) in [5.74, 6) is -0.163. The summed E-state index contributed by atoms with van der Waals surface area (Å²) < 4.78 is 30.0. The van der Waals surface area contributed by atoms with Crippen LogP contribution >= 0.6 is 0 Å². The lowest BCUT2D eigenvalue weighted by molar-refractivity contribution is -0.0523. The number of hydrogen-bond acceptors (Lipinski definition) is 4. The zero-order chi connectivity index (χ0) is 21.1. The van der Waals surface area contributed by atoms with Gasteiger partial charge in [0.1, 0.15) is 5.69 Å². The number of nitrogens with zero attached hydrogens (tertiary/aromatic N) is 2. The van der Waals surface area contributed by atoms with Crippen LogP contribution in [0.3, 0.4) is 0 Å². The Bertz CT molecular complexity index is 870. The number of aryl methyl sites for hydroxylation is 1. The highest BCUT2D eigenvalue weighted by Gasteiger charge is 2.37. The van der Waals surface area contributed by atoms with E-state index in [1.807, 2.05) is 38.1 Å². The Morgan fingerprint density at radius 3 is 2.55 bits per heavy atom. The molecule has 0 aliphatic heterocycles. The molecular formula is C21H25F2N3O3. The van der Waals surface area contributed by atoms with E-state index in [0.29, 0.717) is 18.5 Å². The van der Waals surface area contributed by atoms with Crippen LogP contribution in [0.1, 0.15) is 43.9 Å². The maximum absolute atomic E-state index is 13.2. The molecule has 1 aliphatic carbocycles. The minimum absolute atomic E-state index is 0.0628. The topological polar surface area (TPSA) is 74.7 Å². The lowest BCUT2D eigenvalue weighted by Gasteiger charge is -2.41. The van der Waals surface area contributed by atoms with Crippen molar-refractivity contribution >= 4 is 17.4 Å². The highest BCUT2D eigenvalue weighted by molar-refractivity contribution is 6.03. The predicted octanol–water partition coefficient (Wildman–Crippen LogP) is 4.68. The monoisotopic (exact) mass is 405 g/mol. The van der Waals surface area contributed by atoms with Crippen LogP contribution in [0.25, 0.3) is 0 Å². The van der Waals surface area contributed by atoms with Crippen molar-refractivity contribution in [1.29, 1.82) is 0 Å². The average Bonchev–Trinajstić information content (AvgIpc) is 2.62. The molecule has 1 heterocycles. The number of anilines is 2. The van der Waals surface area contributed by atoms with Crippen molar-refractivity contribution in [2.24, 2.45) is 0 Å². The predicted molar refractivity (Wildman–Crippen MR) is 107 cm³/mol. The largest absolute Gasteiger partial charge is 0.415 e. The molecule has 0 atom stereocenters. The van der Waals surface area contributed by atoms with Crippen molar-refractivity contribution in [3.05, 3.63) is 47.7 Å². The third kappa shape index (κ3) is 4.82. The van der Waals surface area contributed by atoms with Crippen LogP contribution in [0, 0.1) is 6.92 Å². The number of carbonyl (C=O) groups is 1. The molecule has 6 nitrogen and oxygen atoms in total. The van der Waals surface area contributed by atoms with Crippen molar-refractivity contribution in [2.45, 2.75) is 58.3 Å². The van der Waals surface area contributed by atoms with Crippen LogP contribution in [0.15, 0.2) is 36.4 Å². The summed E-state index contributed by atoms with van der Waals surface area (Å²) in [4.78, 5) is 18.8. The molecule has 1 saturated carbocycles. The Kier molecular flexibility index (Phi) is 6.32. The minimum Gasteiger partial charge on any atom is -0.415 e. The van der Waals surface area contributed by atoms with Crippen molar-refractivity contribution in [2.75, 3.05) is 10.2 Å². The number of nitrogens with one attached hydrogen (secondary N) is 1. The van der Waals surface area contributed by atoms with Gasteiger partial charge in [0.25, 0.3) is 0 Å². The number of pyridine rings is 1. The molecule has 1 fully saturated rings. The summed E-state index contributed by atoms with van der Waals surface area (Å²) in [6.45, 7) is 2.65. The average molecular weight is 405 g/mol. The standard InChI is InChI=1S/C21H25F2N3O3/c1-12(2)16-6-4-5-7-18(16)26(14-10-15(27)11-14)21(28)25-17-9-8-13(3)24-19(17)29-20(22)23/h4-9,12,14-15,20,27H,10-11H2,1-3H3,(H,25,28). The molecule has 0 bridgehead atoms. The van der Waals surface area contributed by atoms with Gasteiger partial charge in [-0.3, -0.25) is 4.90 Å². The zero-order valence-corrected chi connectivity index (χ0v) is 16.6. The molecule has 0 saturated heterocycles. The summed E-state index contributed by atoms with van der Waals surface area (Å²) in [6.07, 6.45) is 0.443. The van der Waals surface area contributed by atoms with Gasteiger partial charge >= 0.3 is 12.6 Å². The molecule has 2 aromatic rings. The molecule has 3 rings (SSSR count). The fraction of sp³-hybridized carbons (Fsp3) is 0.429. The second-order valence-electron chi connectivity index (χ2n) is 7.48. The minimum atomic E-state index is -3.06. The van der Waals surface area contributed by atoms with E-state index in [9.17, 15) is 18.7 Å². The summed E-state index contributed by atoms with van der Waals surface area (Å²) in [6, 6.07) is 9.96. The first-order valence-electron chi connectivity index (χ1n) is 9.56. The van der Waals surface area contributed by atoms with Gasteiger partial charge in [-0.1, -0.05) is 32.0 Å². The number of amides is 2. The van der Waals surface area contributed by atoms with Crippen molar-refractivity contribution in [3.8, 4) is 5.88 Å². The number of para-hydroxylation sites is 1. The first-order valence-corrected chi connectivity index (χ1v) is 9.56. The van der Waals surface area contributed by atoms with Crippen LogP contribution in [0.4, 0.5) is 25.0 Å². The molecule has 29 heavy (non-hydrogen) atoms. The lowest BCUT2D eigenvalue weighted by Crippen LogP contribution is -2.52.